The predicted molar refractivity (Wildman–Crippen MR) is 114 cm³/mol. The van der Waals surface area contributed by atoms with Crippen LogP contribution in [0.25, 0.3) is 11.1 Å². The minimum Gasteiger partial charge on any atom is -0.507 e. The minimum atomic E-state index is 0.213. The molecule has 148 valence electrons. The number of aromatic hydroxyl groups is 2. The summed E-state index contributed by atoms with van der Waals surface area (Å²) in [6, 6.07) is 12.9. The lowest BCUT2D eigenvalue weighted by atomic mass is 9.94. The molecule has 2 N–H and O–H groups in total. The molecule has 0 aliphatic heterocycles. The maximum absolute atomic E-state index is 10.4. The molecule has 27 heavy (non-hydrogen) atoms. The fourth-order valence-electron chi connectivity index (χ4n) is 3.54. The van der Waals surface area contributed by atoms with Crippen LogP contribution < -0.4 is 0 Å². The molecule has 0 aliphatic rings. The van der Waals surface area contributed by atoms with Gasteiger partial charge in [-0.05, 0) is 69.4 Å². The molecule has 0 saturated carbocycles. The Hall–Kier alpha value is -2.00. The highest BCUT2D eigenvalue weighted by Crippen LogP contribution is 2.38. The van der Waals surface area contributed by atoms with Crippen molar-refractivity contribution >= 4 is 0 Å². The molecule has 0 aromatic heterocycles. The molecule has 0 amide bonds. The Morgan fingerprint density at radius 1 is 0.704 bits per heavy atom. The summed E-state index contributed by atoms with van der Waals surface area (Å²) in [6.45, 7) is 8.04. The van der Waals surface area contributed by atoms with Crippen molar-refractivity contribution in [3.8, 4) is 22.6 Å². The zero-order valence-electron chi connectivity index (χ0n) is 17.0. The second kappa shape index (κ2) is 11.7. The summed E-state index contributed by atoms with van der Waals surface area (Å²) in [5, 5.41) is 20.6. The number of hydrogen-bond acceptors (Lipinski definition) is 3. The van der Waals surface area contributed by atoms with Gasteiger partial charge in [0, 0.05) is 11.1 Å². The fraction of sp³-hybridized carbons (Fsp3) is 0.500. The van der Waals surface area contributed by atoms with E-state index in [-0.39, 0.29) is 11.5 Å². The van der Waals surface area contributed by atoms with Gasteiger partial charge in [-0.25, -0.2) is 0 Å². The van der Waals surface area contributed by atoms with Gasteiger partial charge < -0.3 is 15.1 Å². The molecule has 0 heterocycles. The number of hydrogen-bond donors (Lipinski definition) is 2. The van der Waals surface area contributed by atoms with Gasteiger partial charge in [0.1, 0.15) is 11.5 Å². The van der Waals surface area contributed by atoms with Crippen LogP contribution in [0.2, 0.25) is 0 Å². The summed E-state index contributed by atoms with van der Waals surface area (Å²) in [4.78, 5) is 2.60. The average molecular weight is 370 g/mol. The normalized spacial score (nSPS) is 11.2. The van der Waals surface area contributed by atoms with Gasteiger partial charge >= 0.3 is 0 Å². The number of nitrogens with zero attached hydrogens (tertiary/aromatic N) is 1. The van der Waals surface area contributed by atoms with Crippen LogP contribution in [0.1, 0.15) is 57.9 Å². The maximum Gasteiger partial charge on any atom is 0.123 e. The fourth-order valence-corrected chi connectivity index (χ4v) is 3.54. The van der Waals surface area contributed by atoms with E-state index < -0.39 is 0 Å². The molecule has 2 aromatic carbocycles. The lowest BCUT2D eigenvalue weighted by Gasteiger charge is -2.22. The Morgan fingerprint density at radius 2 is 1.33 bits per heavy atom. The first-order valence-corrected chi connectivity index (χ1v) is 10.5. The molecule has 0 fully saturated rings. The van der Waals surface area contributed by atoms with Crippen molar-refractivity contribution in [3.05, 3.63) is 48.0 Å². The van der Waals surface area contributed by atoms with E-state index >= 15 is 0 Å². The van der Waals surface area contributed by atoms with Crippen LogP contribution in [0.4, 0.5) is 0 Å². The lowest BCUT2D eigenvalue weighted by molar-refractivity contribution is 0.260. The highest BCUT2D eigenvalue weighted by molar-refractivity contribution is 5.78. The van der Waals surface area contributed by atoms with Crippen LogP contribution in [0.15, 0.2) is 42.5 Å². The third-order valence-corrected chi connectivity index (χ3v) is 5.13. The largest absolute Gasteiger partial charge is 0.507 e. The maximum atomic E-state index is 10.4. The van der Waals surface area contributed by atoms with Crippen molar-refractivity contribution in [1.29, 1.82) is 0 Å². The van der Waals surface area contributed by atoms with Gasteiger partial charge in [0.15, 0.2) is 0 Å². The van der Waals surface area contributed by atoms with E-state index in [1.807, 2.05) is 18.2 Å². The van der Waals surface area contributed by atoms with E-state index in [0.717, 1.165) is 36.9 Å². The third-order valence-electron chi connectivity index (χ3n) is 5.13. The van der Waals surface area contributed by atoms with Crippen molar-refractivity contribution in [2.45, 2.75) is 58.8 Å². The number of aryl methyl sites for hydroxylation is 1. The van der Waals surface area contributed by atoms with E-state index in [9.17, 15) is 10.2 Å². The van der Waals surface area contributed by atoms with Gasteiger partial charge in [0.2, 0.25) is 0 Å². The van der Waals surface area contributed by atoms with Gasteiger partial charge in [-0.15, -0.1) is 0 Å². The van der Waals surface area contributed by atoms with E-state index in [2.05, 4.69) is 24.8 Å². The first-order chi connectivity index (χ1) is 13.2. The molecule has 0 aliphatic carbocycles. The van der Waals surface area contributed by atoms with Crippen LogP contribution in [0.5, 0.6) is 11.5 Å². The molecule has 0 bridgehead atoms. The van der Waals surface area contributed by atoms with Gasteiger partial charge in [-0.3, -0.25) is 0 Å². The van der Waals surface area contributed by atoms with E-state index in [1.165, 1.54) is 38.8 Å². The van der Waals surface area contributed by atoms with Crippen molar-refractivity contribution in [2.75, 3.05) is 19.6 Å². The summed E-state index contributed by atoms with van der Waals surface area (Å²) >= 11 is 0. The molecular weight excluding hydrogens is 334 g/mol. The van der Waals surface area contributed by atoms with E-state index in [1.54, 1.807) is 18.2 Å². The molecule has 0 saturated heterocycles. The molecule has 3 heteroatoms. The van der Waals surface area contributed by atoms with Gasteiger partial charge in [0.05, 0.1) is 0 Å². The SMILES string of the molecule is CCCCN(CCCC)CCCCc1cccc(O)c1-c1ccccc1O. The summed E-state index contributed by atoms with van der Waals surface area (Å²) in [5.41, 5.74) is 2.58. The average Bonchev–Trinajstić information content (AvgIpc) is 2.67. The van der Waals surface area contributed by atoms with Crippen LogP contribution in [-0.4, -0.2) is 34.7 Å². The van der Waals surface area contributed by atoms with Crippen LogP contribution in [0, 0.1) is 0 Å². The molecule has 0 radical (unpaired) electrons. The van der Waals surface area contributed by atoms with Crippen LogP contribution >= 0.6 is 0 Å². The van der Waals surface area contributed by atoms with Gasteiger partial charge in [-0.1, -0.05) is 57.0 Å². The molecule has 0 atom stereocenters. The summed E-state index contributed by atoms with van der Waals surface area (Å²) < 4.78 is 0. The van der Waals surface area contributed by atoms with Gasteiger partial charge in [-0.2, -0.15) is 0 Å². The minimum absolute atomic E-state index is 0.213. The second-order valence-corrected chi connectivity index (χ2v) is 7.33. The van der Waals surface area contributed by atoms with Crippen LogP contribution in [0.3, 0.4) is 0 Å². The number of unbranched alkanes of at least 4 members (excludes halogenated alkanes) is 3. The van der Waals surface area contributed by atoms with E-state index in [4.69, 9.17) is 0 Å². The summed E-state index contributed by atoms with van der Waals surface area (Å²) in [6.07, 6.45) is 8.18. The first-order valence-electron chi connectivity index (χ1n) is 10.5. The zero-order chi connectivity index (χ0) is 19.5. The Balaban J connectivity index is 1.98. The molecular formula is C24H35NO2. The molecule has 3 nitrogen and oxygen atoms in total. The number of rotatable bonds is 12. The Kier molecular flexibility index (Phi) is 9.20. The second-order valence-electron chi connectivity index (χ2n) is 7.33. The number of benzene rings is 2. The highest BCUT2D eigenvalue weighted by atomic mass is 16.3. The monoisotopic (exact) mass is 369 g/mol. The quantitative estimate of drug-likeness (QED) is 0.452. The van der Waals surface area contributed by atoms with Gasteiger partial charge in [0.25, 0.3) is 0 Å². The molecule has 2 aromatic rings. The number of phenolic OH excluding ortho intramolecular Hbond substituents is 2. The Morgan fingerprint density at radius 3 is 2.00 bits per heavy atom. The van der Waals surface area contributed by atoms with Crippen LogP contribution in [-0.2, 0) is 6.42 Å². The number of para-hydroxylation sites is 1. The summed E-state index contributed by atoms with van der Waals surface area (Å²) in [5.74, 6) is 0.451. The smallest absolute Gasteiger partial charge is 0.123 e. The third kappa shape index (κ3) is 6.59. The highest BCUT2D eigenvalue weighted by Gasteiger charge is 2.13. The predicted octanol–water partition coefficient (Wildman–Crippen LogP) is 5.99. The zero-order valence-corrected chi connectivity index (χ0v) is 17.0. The van der Waals surface area contributed by atoms with Crippen molar-refractivity contribution in [1.82, 2.24) is 4.90 Å². The van der Waals surface area contributed by atoms with Crippen molar-refractivity contribution < 1.29 is 10.2 Å². The lowest BCUT2D eigenvalue weighted by Crippen LogP contribution is -2.27. The number of phenols is 2. The van der Waals surface area contributed by atoms with E-state index in [0.29, 0.717) is 5.56 Å². The molecule has 0 unspecified atom stereocenters. The Bertz CT molecular complexity index is 676. The molecule has 2 rings (SSSR count). The van der Waals surface area contributed by atoms with Crippen molar-refractivity contribution in [3.63, 3.8) is 0 Å². The molecule has 0 spiro atoms. The topological polar surface area (TPSA) is 43.7 Å². The summed E-state index contributed by atoms with van der Waals surface area (Å²) in [7, 11) is 0. The first kappa shape index (κ1) is 21.3. The van der Waals surface area contributed by atoms with Crippen molar-refractivity contribution in [2.24, 2.45) is 0 Å². The standard InChI is InChI=1S/C24H35NO2/c1-3-5-17-25(18-6-4-2)19-10-9-12-20-13-11-16-23(27)24(20)21-14-7-8-15-22(21)26/h7-8,11,13-16,26-27H,3-6,9-10,12,17-19H2,1-2H3. The Labute approximate surface area is 164 Å².